The molecule has 7 nitrogen and oxygen atoms in total. The van der Waals surface area contributed by atoms with Gasteiger partial charge in [0.2, 0.25) is 0 Å². The molecular weight excluding hydrogens is 286 g/mol. The molecule has 2 aliphatic rings. The summed E-state index contributed by atoms with van der Waals surface area (Å²) in [6, 6.07) is 0.617. The fraction of sp³-hybridized carbons (Fsp3) is 0.615. The molecule has 112 valence electrons. The van der Waals surface area contributed by atoms with Crippen LogP contribution in [0.25, 0.3) is 11.0 Å². The van der Waals surface area contributed by atoms with Crippen molar-refractivity contribution in [3.8, 4) is 0 Å². The minimum absolute atomic E-state index is 0.466. The third kappa shape index (κ3) is 1.93. The number of fused-ring (bicyclic) bond motifs is 1. The predicted octanol–water partition coefficient (Wildman–Crippen LogP) is 0.786. The van der Waals surface area contributed by atoms with Crippen LogP contribution in [0.1, 0.15) is 12.8 Å². The Bertz CT molecular complexity index is 670. The van der Waals surface area contributed by atoms with Crippen molar-refractivity contribution in [2.45, 2.75) is 18.9 Å². The first-order valence-electron chi connectivity index (χ1n) is 7.09. The van der Waals surface area contributed by atoms with Crippen molar-refractivity contribution in [2.24, 2.45) is 17.6 Å². The number of anilines is 1. The van der Waals surface area contributed by atoms with E-state index >= 15 is 0 Å². The van der Waals surface area contributed by atoms with Crippen LogP contribution in [0.4, 0.5) is 5.82 Å². The van der Waals surface area contributed by atoms with E-state index in [9.17, 15) is 0 Å². The maximum Gasteiger partial charge on any atom is 0.163 e. The molecule has 8 heteroatoms. The maximum atomic E-state index is 5.62. The Morgan fingerprint density at radius 3 is 2.86 bits per heavy atom. The van der Waals surface area contributed by atoms with Gasteiger partial charge in [0.1, 0.15) is 12.1 Å². The van der Waals surface area contributed by atoms with Gasteiger partial charge in [-0.05, 0) is 19.9 Å². The lowest BCUT2D eigenvalue weighted by molar-refractivity contribution is 0.0240. The Hall–Kier alpha value is -1.38. The van der Waals surface area contributed by atoms with Crippen LogP contribution in [-0.4, -0.2) is 50.2 Å². The van der Waals surface area contributed by atoms with Crippen LogP contribution < -0.4 is 10.0 Å². The van der Waals surface area contributed by atoms with E-state index in [1.54, 1.807) is 11.0 Å². The summed E-state index contributed by atoms with van der Waals surface area (Å²) in [7, 11) is 3.98. The molecule has 2 fully saturated rings. The highest BCUT2D eigenvalue weighted by atomic mass is 32.2. The molecule has 21 heavy (non-hydrogen) atoms. The Morgan fingerprint density at radius 1 is 1.38 bits per heavy atom. The van der Waals surface area contributed by atoms with Gasteiger partial charge in [-0.2, -0.15) is 5.10 Å². The molecule has 3 heterocycles. The van der Waals surface area contributed by atoms with Crippen LogP contribution in [0.3, 0.4) is 0 Å². The highest BCUT2D eigenvalue weighted by molar-refractivity contribution is 7.94. The number of aryl methyl sites for hydroxylation is 1. The second-order valence-corrected chi connectivity index (χ2v) is 7.06. The van der Waals surface area contributed by atoms with E-state index in [2.05, 4.69) is 31.3 Å². The molecule has 0 bridgehead atoms. The standard InChI is InChI=1S/C13H19N7S/c1-18-11-10(5-17-18)12(16-8-15-11)20-6-13(7-20)3-9(4-13)19(2)21-14/h5,8-9H,3-4,6-7,14H2,1-2H3. The van der Waals surface area contributed by atoms with Gasteiger partial charge >= 0.3 is 0 Å². The fourth-order valence-electron chi connectivity index (χ4n) is 3.66. The van der Waals surface area contributed by atoms with Crippen molar-refractivity contribution in [2.75, 3.05) is 25.0 Å². The van der Waals surface area contributed by atoms with Gasteiger partial charge in [-0.25, -0.2) is 14.3 Å². The highest BCUT2D eigenvalue weighted by Gasteiger charge is 2.54. The van der Waals surface area contributed by atoms with Gasteiger partial charge in [-0.15, -0.1) is 0 Å². The Kier molecular flexibility index (Phi) is 2.88. The molecule has 0 atom stereocenters. The topological polar surface area (TPSA) is 76.1 Å². The minimum atomic E-state index is 0.466. The monoisotopic (exact) mass is 305 g/mol. The molecule has 1 spiro atoms. The van der Waals surface area contributed by atoms with Crippen LogP contribution in [0, 0.1) is 5.41 Å². The number of nitrogens with zero attached hydrogens (tertiary/aromatic N) is 6. The van der Waals surface area contributed by atoms with E-state index in [-0.39, 0.29) is 0 Å². The zero-order valence-corrected chi connectivity index (χ0v) is 13.0. The minimum Gasteiger partial charge on any atom is -0.355 e. The predicted molar refractivity (Wildman–Crippen MR) is 83.5 cm³/mol. The largest absolute Gasteiger partial charge is 0.355 e. The normalized spacial score (nSPS) is 21.0. The molecule has 1 saturated carbocycles. The summed E-state index contributed by atoms with van der Waals surface area (Å²) in [4.78, 5) is 11.1. The van der Waals surface area contributed by atoms with Crippen molar-refractivity contribution >= 4 is 29.0 Å². The van der Waals surface area contributed by atoms with Gasteiger partial charge in [-0.3, -0.25) is 9.82 Å². The Morgan fingerprint density at radius 2 is 2.14 bits per heavy atom. The highest BCUT2D eigenvalue weighted by Crippen LogP contribution is 2.51. The fourth-order valence-corrected chi connectivity index (χ4v) is 3.98. The van der Waals surface area contributed by atoms with Crippen molar-refractivity contribution in [3.05, 3.63) is 12.5 Å². The van der Waals surface area contributed by atoms with E-state index < -0.39 is 0 Å². The number of aromatic nitrogens is 4. The van der Waals surface area contributed by atoms with E-state index in [1.165, 1.54) is 25.0 Å². The molecule has 0 unspecified atom stereocenters. The van der Waals surface area contributed by atoms with E-state index in [4.69, 9.17) is 5.14 Å². The summed E-state index contributed by atoms with van der Waals surface area (Å²) in [5.41, 5.74) is 1.36. The quantitative estimate of drug-likeness (QED) is 0.840. The van der Waals surface area contributed by atoms with Crippen LogP contribution in [0.2, 0.25) is 0 Å². The second-order valence-electron chi connectivity index (χ2n) is 6.27. The van der Waals surface area contributed by atoms with Gasteiger partial charge in [-0.1, -0.05) is 0 Å². The molecule has 0 radical (unpaired) electrons. The van der Waals surface area contributed by atoms with Gasteiger partial charge < -0.3 is 4.90 Å². The van der Waals surface area contributed by atoms with Crippen molar-refractivity contribution in [1.82, 2.24) is 24.1 Å². The molecular formula is C13H19N7S. The van der Waals surface area contributed by atoms with Gasteiger partial charge in [0.25, 0.3) is 0 Å². The van der Waals surface area contributed by atoms with Crippen LogP contribution >= 0.6 is 12.1 Å². The average Bonchev–Trinajstić information content (AvgIpc) is 2.78. The maximum absolute atomic E-state index is 5.62. The summed E-state index contributed by atoms with van der Waals surface area (Å²) in [5.74, 6) is 1.02. The molecule has 2 aromatic rings. The Balaban J connectivity index is 1.48. The van der Waals surface area contributed by atoms with Crippen LogP contribution in [0.15, 0.2) is 12.5 Å². The van der Waals surface area contributed by atoms with Gasteiger partial charge in [0, 0.05) is 43.7 Å². The van der Waals surface area contributed by atoms with Gasteiger partial charge in [0.15, 0.2) is 5.65 Å². The molecule has 0 amide bonds. The molecule has 4 rings (SSSR count). The summed E-state index contributed by atoms with van der Waals surface area (Å²) in [5, 5.41) is 10.9. The molecule has 2 aromatic heterocycles. The van der Waals surface area contributed by atoms with Gasteiger partial charge in [0.05, 0.1) is 11.6 Å². The smallest absolute Gasteiger partial charge is 0.163 e. The SMILES string of the molecule is CN(SN)C1CC2(C1)CN(c1ncnc3c1cnn3C)C2. The van der Waals surface area contributed by atoms with E-state index in [1.807, 2.05) is 13.2 Å². The third-order valence-corrected chi connectivity index (χ3v) is 5.51. The summed E-state index contributed by atoms with van der Waals surface area (Å²) in [6.07, 6.45) is 5.95. The first-order chi connectivity index (χ1) is 10.1. The average molecular weight is 305 g/mol. The number of hydrogen-bond acceptors (Lipinski definition) is 7. The third-order valence-electron chi connectivity index (χ3n) is 4.88. The molecule has 1 aliphatic heterocycles. The zero-order valence-electron chi connectivity index (χ0n) is 12.2. The lowest BCUT2D eigenvalue weighted by atomic mass is 9.60. The number of hydrogen-bond donors (Lipinski definition) is 1. The molecule has 1 aliphatic carbocycles. The zero-order chi connectivity index (χ0) is 14.6. The summed E-state index contributed by atoms with van der Waals surface area (Å²) < 4.78 is 3.96. The van der Waals surface area contributed by atoms with Crippen molar-refractivity contribution in [3.63, 3.8) is 0 Å². The first-order valence-corrected chi connectivity index (χ1v) is 7.93. The number of nitrogens with two attached hydrogens (primary N) is 1. The Labute approximate surface area is 127 Å². The van der Waals surface area contributed by atoms with Crippen LogP contribution in [0.5, 0.6) is 0 Å². The summed E-state index contributed by atoms with van der Waals surface area (Å²) >= 11 is 1.33. The molecule has 2 N–H and O–H groups in total. The number of rotatable bonds is 3. The van der Waals surface area contributed by atoms with E-state index in [0.717, 1.165) is 29.9 Å². The van der Waals surface area contributed by atoms with Crippen molar-refractivity contribution < 1.29 is 0 Å². The second kappa shape index (κ2) is 4.56. The molecule has 1 saturated heterocycles. The lowest BCUT2D eigenvalue weighted by Crippen LogP contribution is -2.66. The lowest BCUT2D eigenvalue weighted by Gasteiger charge is -2.60. The van der Waals surface area contributed by atoms with E-state index in [0.29, 0.717) is 11.5 Å². The van der Waals surface area contributed by atoms with Crippen LogP contribution in [-0.2, 0) is 7.05 Å². The molecule has 0 aromatic carbocycles. The van der Waals surface area contributed by atoms with Crippen molar-refractivity contribution in [1.29, 1.82) is 0 Å². The summed E-state index contributed by atoms with van der Waals surface area (Å²) in [6.45, 7) is 2.15. The first kappa shape index (κ1) is 13.3.